The molecule has 2 unspecified atom stereocenters. The summed E-state index contributed by atoms with van der Waals surface area (Å²) >= 11 is 7.06. The van der Waals surface area contributed by atoms with Crippen LogP contribution in [0.5, 0.6) is 0 Å². The molecule has 0 aliphatic carbocycles. The van der Waals surface area contributed by atoms with Gasteiger partial charge in [-0.2, -0.15) is 0 Å². The van der Waals surface area contributed by atoms with Crippen LogP contribution in [-0.2, 0) is 18.9 Å². The fourth-order valence-corrected chi connectivity index (χ4v) is 3.09. The van der Waals surface area contributed by atoms with Crippen LogP contribution in [0.25, 0.3) is 0 Å². The van der Waals surface area contributed by atoms with Crippen LogP contribution < -0.4 is 0 Å². The molecule has 0 radical (unpaired) electrons. The molecule has 0 aromatic rings. The number of ether oxygens (including phenoxy) is 4. The minimum Gasteiger partial charge on any atom is -0.355 e. The maximum atomic E-state index is 5.66. The molecule has 0 saturated carbocycles. The van der Waals surface area contributed by atoms with Gasteiger partial charge in [0, 0.05) is 5.33 Å². The van der Waals surface area contributed by atoms with E-state index in [2.05, 4.69) is 31.9 Å². The Balaban J connectivity index is 2.10. The largest absolute Gasteiger partial charge is 0.355 e. The molecule has 0 amide bonds. The van der Waals surface area contributed by atoms with Gasteiger partial charge in [0.05, 0.1) is 36.2 Å². The van der Waals surface area contributed by atoms with Crippen molar-refractivity contribution in [3.63, 3.8) is 0 Å². The minimum atomic E-state index is -0.168. The maximum Gasteiger partial charge on any atom is 0.147 e. The first-order valence-electron chi connectivity index (χ1n) is 4.83. The van der Waals surface area contributed by atoms with Crippen molar-refractivity contribution in [2.24, 2.45) is 5.41 Å². The quantitative estimate of drug-likeness (QED) is 0.711. The summed E-state index contributed by atoms with van der Waals surface area (Å²) in [6.07, 6.45) is 0.0610. The molecule has 2 saturated heterocycles. The molecule has 4 nitrogen and oxygen atoms in total. The Bertz CT molecular complexity index is 200. The van der Waals surface area contributed by atoms with Crippen LogP contribution in [-0.4, -0.2) is 49.7 Å². The van der Waals surface area contributed by atoms with Crippen LogP contribution in [0.15, 0.2) is 0 Å². The Morgan fingerprint density at radius 1 is 1.13 bits per heavy atom. The predicted molar refractivity (Wildman–Crippen MR) is 61.4 cm³/mol. The number of rotatable bonds is 2. The fraction of sp³-hybridized carbons (Fsp3) is 1.00. The molecule has 88 valence electrons. The highest BCUT2D eigenvalue weighted by molar-refractivity contribution is 9.12. The average Bonchev–Trinajstić information content (AvgIpc) is 2.30. The molecular formula is C9H14Br2O4. The van der Waals surface area contributed by atoms with Gasteiger partial charge < -0.3 is 18.9 Å². The van der Waals surface area contributed by atoms with Gasteiger partial charge in [-0.1, -0.05) is 31.9 Å². The second-order valence-corrected chi connectivity index (χ2v) is 5.72. The molecular weight excluding hydrogens is 332 g/mol. The standard InChI is InChI=1S/C9H14Br2O4/c10-1-7(11)8-9(4-14-6-15-8)2-12-5-13-3-9/h7-8H,1-6H2. The third kappa shape index (κ3) is 2.56. The smallest absolute Gasteiger partial charge is 0.147 e. The fourth-order valence-electron chi connectivity index (χ4n) is 2.03. The van der Waals surface area contributed by atoms with E-state index in [0.717, 1.165) is 5.33 Å². The molecule has 2 aliphatic heterocycles. The van der Waals surface area contributed by atoms with Crippen LogP contribution in [0.1, 0.15) is 0 Å². The maximum absolute atomic E-state index is 5.66. The Morgan fingerprint density at radius 3 is 2.33 bits per heavy atom. The van der Waals surface area contributed by atoms with Crippen molar-refractivity contribution in [3.8, 4) is 0 Å². The van der Waals surface area contributed by atoms with Crippen molar-refractivity contribution >= 4 is 31.9 Å². The molecule has 0 bridgehead atoms. The number of halogens is 2. The number of alkyl halides is 2. The summed E-state index contributed by atoms with van der Waals surface area (Å²) in [7, 11) is 0. The summed E-state index contributed by atoms with van der Waals surface area (Å²) in [6.45, 7) is 2.61. The highest BCUT2D eigenvalue weighted by Crippen LogP contribution is 2.36. The third-order valence-electron chi connectivity index (χ3n) is 2.75. The summed E-state index contributed by atoms with van der Waals surface area (Å²) in [5.74, 6) is 0. The molecule has 2 fully saturated rings. The van der Waals surface area contributed by atoms with Crippen molar-refractivity contribution in [2.75, 3.05) is 38.7 Å². The molecule has 2 atom stereocenters. The van der Waals surface area contributed by atoms with E-state index in [1.165, 1.54) is 0 Å². The number of hydrogen-bond donors (Lipinski definition) is 0. The topological polar surface area (TPSA) is 36.9 Å². The summed E-state index contributed by atoms with van der Waals surface area (Å²) < 4.78 is 21.8. The van der Waals surface area contributed by atoms with Gasteiger partial charge >= 0.3 is 0 Å². The number of hydrogen-bond acceptors (Lipinski definition) is 4. The third-order valence-corrected chi connectivity index (χ3v) is 5.12. The van der Waals surface area contributed by atoms with Crippen LogP contribution >= 0.6 is 31.9 Å². The summed E-state index contributed by atoms with van der Waals surface area (Å²) in [4.78, 5) is 0.242. The molecule has 6 heteroatoms. The van der Waals surface area contributed by atoms with Crippen LogP contribution in [0.3, 0.4) is 0 Å². The van der Waals surface area contributed by atoms with E-state index in [-0.39, 0.29) is 16.3 Å². The lowest BCUT2D eigenvalue weighted by Crippen LogP contribution is -2.57. The molecule has 2 rings (SSSR count). The van der Waals surface area contributed by atoms with Gasteiger partial charge in [-0.15, -0.1) is 0 Å². The second-order valence-electron chi connectivity index (χ2n) is 3.90. The van der Waals surface area contributed by atoms with Gasteiger partial charge in [0.15, 0.2) is 0 Å². The predicted octanol–water partition coefficient (Wildman–Crippen LogP) is 1.51. The molecule has 1 spiro atoms. The van der Waals surface area contributed by atoms with E-state index in [0.29, 0.717) is 33.4 Å². The molecule has 0 aromatic heterocycles. The van der Waals surface area contributed by atoms with E-state index in [9.17, 15) is 0 Å². The Labute approximate surface area is 106 Å². The van der Waals surface area contributed by atoms with Crippen LogP contribution in [0.2, 0.25) is 0 Å². The first-order valence-corrected chi connectivity index (χ1v) is 6.87. The average molecular weight is 346 g/mol. The normalized spacial score (nSPS) is 32.8. The summed E-state index contributed by atoms with van der Waals surface area (Å²) in [5.41, 5.74) is -0.168. The van der Waals surface area contributed by atoms with E-state index >= 15 is 0 Å². The zero-order valence-corrected chi connectivity index (χ0v) is 11.5. The lowest BCUT2D eigenvalue weighted by molar-refractivity contribution is -0.274. The van der Waals surface area contributed by atoms with E-state index in [4.69, 9.17) is 18.9 Å². The van der Waals surface area contributed by atoms with E-state index < -0.39 is 0 Å². The van der Waals surface area contributed by atoms with Gasteiger partial charge in [-0.3, -0.25) is 0 Å². The van der Waals surface area contributed by atoms with Crippen molar-refractivity contribution in [1.82, 2.24) is 0 Å². The van der Waals surface area contributed by atoms with Crippen molar-refractivity contribution in [2.45, 2.75) is 10.9 Å². The van der Waals surface area contributed by atoms with Crippen molar-refractivity contribution < 1.29 is 18.9 Å². The molecule has 2 heterocycles. The highest BCUT2D eigenvalue weighted by atomic mass is 79.9. The Kier molecular flexibility index (Phi) is 4.43. The SMILES string of the molecule is BrCC(Br)C1OCOCC12COCOC2. The monoisotopic (exact) mass is 344 g/mol. The van der Waals surface area contributed by atoms with Gasteiger partial charge in [0.2, 0.25) is 0 Å². The van der Waals surface area contributed by atoms with E-state index in [1.807, 2.05) is 0 Å². The first kappa shape index (κ1) is 12.3. The molecule has 15 heavy (non-hydrogen) atoms. The Hall–Kier alpha value is 0.800. The molecule has 2 aliphatic rings. The van der Waals surface area contributed by atoms with Gasteiger partial charge in [-0.25, -0.2) is 0 Å². The molecule has 0 aromatic carbocycles. The second kappa shape index (κ2) is 5.42. The summed E-state index contributed by atoms with van der Waals surface area (Å²) in [5, 5.41) is 0.833. The van der Waals surface area contributed by atoms with Gasteiger partial charge in [0.25, 0.3) is 0 Å². The van der Waals surface area contributed by atoms with Gasteiger partial charge in [-0.05, 0) is 0 Å². The lowest BCUT2D eigenvalue weighted by atomic mass is 9.82. The van der Waals surface area contributed by atoms with Crippen molar-refractivity contribution in [1.29, 1.82) is 0 Å². The first-order chi connectivity index (χ1) is 7.28. The van der Waals surface area contributed by atoms with Crippen molar-refractivity contribution in [3.05, 3.63) is 0 Å². The lowest BCUT2D eigenvalue weighted by Gasteiger charge is -2.46. The minimum absolute atomic E-state index is 0.0610. The Morgan fingerprint density at radius 2 is 1.73 bits per heavy atom. The molecule has 0 N–H and O–H groups in total. The zero-order chi connectivity index (χ0) is 10.7. The van der Waals surface area contributed by atoms with Crippen LogP contribution in [0.4, 0.5) is 0 Å². The summed E-state index contributed by atoms with van der Waals surface area (Å²) in [6, 6.07) is 0. The zero-order valence-electron chi connectivity index (χ0n) is 8.29. The highest BCUT2D eigenvalue weighted by Gasteiger charge is 2.47. The van der Waals surface area contributed by atoms with E-state index in [1.54, 1.807) is 0 Å². The van der Waals surface area contributed by atoms with Gasteiger partial charge in [0.1, 0.15) is 13.6 Å². The van der Waals surface area contributed by atoms with Crippen LogP contribution in [0, 0.1) is 5.41 Å².